The predicted molar refractivity (Wildman–Crippen MR) is 85.2 cm³/mol. The number of fused-ring (bicyclic) bond motifs is 1. The fraction of sp³-hybridized carbons (Fsp3) is 0.111. The molecular formula is C18H12F3NO3. The third-order valence-electron chi connectivity index (χ3n) is 3.68. The minimum atomic E-state index is -1.62. The highest BCUT2D eigenvalue weighted by Gasteiger charge is 2.26. The third kappa shape index (κ3) is 3.00. The zero-order valence-electron chi connectivity index (χ0n) is 13.0. The van der Waals surface area contributed by atoms with Gasteiger partial charge in [-0.15, -0.1) is 0 Å². The highest BCUT2D eigenvalue weighted by Crippen LogP contribution is 2.34. The maximum absolute atomic E-state index is 13.9. The van der Waals surface area contributed by atoms with E-state index in [4.69, 9.17) is 4.74 Å². The number of carbonyl (C=O) groups is 2. The Bertz CT molecular complexity index is 922. The molecule has 1 N–H and O–H groups in total. The fourth-order valence-corrected chi connectivity index (χ4v) is 2.48. The number of benzene rings is 2. The molecule has 0 unspecified atom stereocenters. The van der Waals surface area contributed by atoms with Gasteiger partial charge >= 0.3 is 5.97 Å². The summed E-state index contributed by atoms with van der Waals surface area (Å²) in [5.74, 6) is -5.44. The molecule has 0 saturated heterocycles. The van der Waals surface area contributed by atoms with E-state index >= 15 is 0 Å². The summed E-state index contributed by atoms with van der Waals surface area (Å²) >= 11 is 0. The van der Waals surface area contributed by atoms with Gasteiger partial charge in [0.25, 0.3) is 5.91 Å². The standard InChI is InChI=1S/C18H12F3NO3/c1-2-25-18(24)10-4-6-14-11(8-10)12(17(23)22-14)7-9-3-5-13(19)16(21)15(9)20/h3-8H,2H2,1H3,(H,22,23)/b12-7+. The number of hydrogen-bond acceptors (Lipinski definition) is 3. The molecule has 0 spiro atoms. The number of ether oxygens (including phenoxy) is 1. The largest absolute Gasteiger partial charge is 0.462 e. The molecule has 0 aromatic heterocycles. The molecule has 0 saturated carbocycles. The number of amides is 1. The minimum absolute atomic E-state index is 0.0334. The van der Waals surface area contributed by atoms with E-state index in [9.17, 15) is 22.8 Å². The number of anilines is 1. The summed E-state index contributed by atoms with van der Waals surface area (Å²) in [6.07, 6.45) is 1.11. The monoisotopic (exact) mass is 347 g/mol. The molecule has 0 aliphatic carbocycles. The normalized spacial score (nSPS) is 14.4. The molecule has 1 amide bonds. The number of carbonyl (C=O) groups excluding carboxylic acids is 2. The van der Waals surface area contributed by atoms with Gasteiger partial charge in [0.1, 0.15) is 0 Å². The van der Waals surface area contributed by atoms with E-state index in [-0.39, 0.29) is 23.3 Å². The summed E-state index contributed by atoms with van der Waals surface area (Å²) in [6, 6.07) is 6.23. The second-order valence-corrected chi connectivity index (χ2v) is 5.26. The Morgan fingerprint density at radius 1 is 1.16 bits per heavy atom. The zero-order valence-corrected chi connectivity index (χ0v) is 13.0. The summed E-state index contributed by atoms with van der Waals surface area (Å²) in [5.41, 5.74) is 0.741. The summed E-state index contributed by atoms with van der Waals surface area (Å²) in [5, 5.41) is 2.56. The molecular weight excluding hydrogens is 335 g/mol. The highest BCUT2D eigenvalue weighted by molar-refractivity contribution is 6.35. The van der Waals surface area contributed by atoms with E-state index in [0.29, 0.717) is 11.3 Å². The number of rotatable bonds is 3. The Labute approximate surface area is 140 Å². The third-order valence-corrected chi connectivity index (χ3v) is 3.68. The van der Waals surface area contributed by atoms with Crippen molar-refractivity contribution in [3.63, 3.8) is 0 Å². The van der Waals surface area contributed by atoms with Gasteiger partial charge in [0.05, 0.1) is 12.2 Å². The number of nitrogens with one attached hydrogen (secondary N) is 1. The van der Waals surface area contributed by atoms with Gasteiger partial charge in [-0.25, -0.2) is 18.0 Å². The minimum Gasteiger partial charge on any atom is -0.462 e. The van der Waals surface area contributed by atoms with Gasteiger partial charge in [-0.1, -0.05) is 0 Å². The van der Waals surface area contributed by atoms with E-state index in [1.807, 2.05) is 0 Å². The molecule has 4 nitrogen and oxygen atoms in total. The number of hydrogen-bond donors (Lipinski definition) is 1. The van der Waals surface area contributed by atoms with Crippen molar-refractivity contribution < 1.29 is 27.5 Å². The van der Waals surface area contributed by atoms with Crippen molar-refractivity contribution in [2.45, 2.75) is 6.92 Å². The first kappa shape index (κ1) is 16.8. The van der Waals surface area contributed by atoms with Crippen LogP contribution in [0.1, 0.15) is 28.4 Å². The van der Waals surface area contributed by atoms with Crippen molar-refractivity contribution in [2.75, 3.05) is 11.9 Å². The van der Waals surface area contributed by atoms with E-state index in [2.05, 4.69) is 5.32 Å². The van der Waals surface area contributed by atoms with Crippen LogP contribution in [0.4, 0.5) is 18.9 Å². The predicted octanol–water partition coefficient (Wildman–Crippen LogP) is 3.77. The van der Waals surface area contributed by atoms with Crippen LogP contribution in [0.15, 0.2) is 30.3 Å². The van der Waals surface area contributed by atoms with Crippen LogP contribution in [0.3, 0.4) is 0 Å². The van der Waals surface area contributed by atoms with Gasteiger partial charge in [-0.3, -0.25) is 4.79 Å². The van der Waals surface area contributed by atoms with Crippen molar-refractivity contribution in [3.8, 4) is 0 Å². The molecule has 1 aliphatic heterocycles. The lowest BCUT2D eigenvalue weighted by atomic mass is 10.0. The van der Waals surface area contributed by atoms with Gasteiger partial charge in [-0.05, 0) is 43.3 Å². The highest BCUT2D eigenvalue weighted by atomic mass is 19.2. The average molecular weight is 347 g/mol. The first-order valence-electron chi connectivity index (χ1n) is 7.40. The lowest BCUT2D eigenvalue weighted by molar-refractivity contribution is -0.110. The summed E-state index contributed by atoms with van der Waals surface area (Å²) in [4.78, 5) is 23.9. The summed E-state index contributed by atoms with van der Waals surface area (Å²) in [7, 11) is 0. The van der Waals surface area contributed by atoms with Crippen molar-refractivity contribution in [1.82, 2.24) is 0 Å². The maximum atomic E-state index is 13.9. The zero-order chi connectivity index (χ0) is 18.1. The van der Waals surface area contributed by atoms with Gasteiger partial charge in [0.15, 0.2) is 17.5 Å². The Hall–Kier alpha value is -3.09. The van der Waals surface area contributed by atoms with Crippen LogP contribution >= 0.6 is 0 Å². The smallest absolute Gasteiger partial charge is 0.338 e. The fourth-order valence-electron chi connectivity index (χ4n) is 2.48. The molecule has 0 fully saturated rings. The van der Waals surface area contributed by atoms with E-state index in [1.54, 1.807) is 6.92 Å². The van der Waals surface area contributed by atoms with Crippen LogP contribution in [0.25, 0.3) is 11.6 Å². The lowest BCUT2D eigenvalue weighted by Crippen LogP contribution is -2.04. The Balaban J connectivity index is 2.08. The van der Waals surface area contributed by atoms with Crippen LogP contribution < -0.4 is 5.32 Å². The van der Waals surface area contributed by atoms with Crippen LogP contribution in [0, 0.1) is 17.5 Å². The maximum Gasteiger partial charge on any atom is 0.338 e. The summed E-state index contributed by atoms with van der Waals surface area (Å²) < 4.78 is 45.2. The molecule has 0 radical (unpaired) electrons. The van der Waals surface area contributed by atoms with Gasteiger partial charge in [0, 0.05) is 22.4 Å². The SMILES string of the molecule is CCOC(=O)c1ccc2c(c1)/C(=C\c1ccc(F)c(F)c1F)C(=O)N2. The van der Waals surface area contributed by atoms with Gasteiger partial charge in [0.2, 0.25) is 0 Å². The molecule has 128 valence electrons. The van der Waals surface area contributed by atoms with Crippen molar-refractivity contribution in [3.05, 3.63) is 64.5 Å². The molecule has 7 heteroatoms. The average Bonchev–Trinajstić information content (AvgIpc) is 2.90. The first-order valence-corrected chi connectivity index (χ1v) is 7.40. The van der Waals surface area contributed by atoms with Crippen molar-refractivity contribution >= 4 is 29.2 Å². The van der Waals surface area contributed by atoms with E-state index in [1.165, 1.54) is 18.2 Å². The molecule has 2 aromatic carbocycles. The van der Waals surface area contributed by atoms with Gasteiger partial charge in [-0.2, -0.15) is 0 Å². The van der Waals surface area contributed by atoms with Crippen LogP contribution in [-0.4, -0.2) is 18.5 Å². The van der Waals surface area contributed by atoms with Crippen molar-refractivity contribution in [1.29, 1.82) is 0 Å². The van der Waals surface area contributed by atoms with E-state index < -0.39 is 29.3 Å². The summed E-state index contributed by atoms with van der Waals surface area (Å²) in [6.45, 7) is 1.85. The molecule has 3 rings (SSSR count). The second-order valence-electron chi connectivity index (χ2n) is 5.26. The topological polar surface area (TPSA) is 55.4 Å². The van der Waals surface area contributed by atoms with Crippen LogP contribution in [0.2, 0.25) is 0 Å². The van der Waals surface area contributed by atoms with Crippen LogP contribution in [0.5, 0.6) is 0 Å². The second kappa shape index (κ2) is 6.43. The van der Waals surface area contributed by atoms with Crippen molar-refractivity contribution in [2.24, 2.45) is 0 Å². The molecule has 2 aromatic rings. The molecule has 1 heterocycles. The Kier molecular flexibility index (Phi) is 4.31. The lowest BCUT2D eigenvalue weighted by Gasteiger charge is -2.05. The quantitative estimate of drug-likeness (QED) is 0.522. The first-order chi connectivity index (χ1) is 11.9. The molecule has 1 aliphatic rings. The van der Waals surface area contributed by atoms with E-state index in [0.717, 1.165) is 18.2 Å². The van der Waals surface area contributed by atoms with Crippen LogP contribution in [-0.2, 0) is 9.53 Å². The molecule has 25 heavy (non-hydrogen) atoms. The molecule has 0 atom stereocenters. The number of halogens is 3. The number of esters is 1. The van der Waals surface area contributed by atoms with Gasteiger partial charge < -0.3 is 10.1 Å². The Morgan fingerprint density at radius 3 is 2.64 bits per heavy atom. The Morgan fingerprint density at radius 2 is 1.92 bits per heavy atom. The molecule has 0 bridgehead atoms.